The Labute approximate surface area is 125 Å². The number of aliphatic hydroxyl groups excluding tert-OH is 3. The lowest BCUT2D eigenvalue weighted by Crippen LogP contribution is -2.33. The second-order valence-electron chi connectivity index (χ2n) is 2.89. The quantitative estimate of drug-likeness (QED) is 0.362. The molecule has 0 aliphatic carbocycles. The maximum absolute atomic E-state index is 9.49. The van der Waals surface area contributed by atoms with Gasteiger partial charge in [0.1, 0.15) is 25.3 Å². The number of hydrogen-bond donors (Lipinski definition) is 3. The maximum atomic E-state index is 9.49. The van der Waals surface area contributed by atoms with Gasteiger partial charge in [0.05, 0.1) is 6.10 Å². The van der Waals surface area contributed by atoms with E-state index in [1.165, 1.54) is 0 Å². The van der Waals surface area contributed by atoms with E-state index in [0.29, 0.717) is 6.42 Å². The Balaban J connectivity index is -0.000000579. The van der Waals surface area contributed by atoms with Gasteiger partial charge in [-0.2, -0.15) is 0 Å². The van der Waals surface area contributed by atoms with Crippen molar-refractivity contribution in [3.05, 3.63) is 12.3 Å². The summed E-state index contributed by atoms with van der Waals surface area (Å²) in [4.78, 5) is -0.821. The molecule has 0 spiro atoms. The van der Waals surface area contributed by atoms with E-state index in [0.717, 1.165) is 7.11 Å². The van der Waals surface area contributed by atoms with Gasteiger partial charge in [0.15, 0.2) is 4.84 Å². The van der Waals surface area contributed by atoms with Crippen molar-refractivity contribution in [2.24, 2.45) is 0 Å². The van der Waals surface area contributed by atoms with Gasteiger partial charge in [0.25, 0.3) is 0 Å². The van der Waals surface area contributed by atoms with Crippen LogP contribution in [0.4, 0.5) is 0 Å². The highest BCUT2D eigenvalue weighted by atomic mass is 35.5. The summed E-state index contributed by atoms with van der Waals surface area (Å²) in [6, 6.07) is 0. The van der Waals surface area contributed by atoms with Crippen molar-refractivity contribution in [2.75, 3.05) is 20.5 Å². The standard InChI is InChI=1S/C9H16Cl2O4.C2H6.CH4O/c1-3-7(13)8(15-5-12)4-14-6(2)9(10)11;2*1-2/h7-9,12-13H,2-5H2,1H3;1-2H3;2H,1H3/t7-,8?;;/m0../s1. The molecule has 0 radical (unpaired) electrons. The molecule has 5 nitrogen and oxygen atoms in total. The molecule has 19 heavy (non-hydrogen) atoms. The topological polar surface area (TPSA) is 79.2 Å². The Morgan fingerprint density at radius 1 is 1.26 bits per heavy atom. The molecular weight excluding hydrogens is 295 g/mol. The lowest BCUT2D eigenvalue weighted by Gasteiger charge is -2.22. The summed E-state index contributed by atoms with van der Waals surface area (Å²) in [5, 5.41) is 25.1. The molecule has 0 aromatic rings. The van der Waals surface area contributed by atoms with Gasteiger partial charge in [-0.25, -0.2) is 0 Å². The monoisotopic (exact) mass is 320 g/mol. The van der Waals surface area contributed by atoms with Gasteiger partial charge in [-0.15, -0.1) is 0 Å². The number of allylic oxidation sites excluding steroid dienone is 1. The zero-order valence-corrected chi connectivity index (χ0v) is 13.5. The number of rotatable bonds is 8. The molecule has 0 aliphatic rings. The van der Waals surface area contributed by atoms with Crippen molar-refractivity contribution in [3.63, 3.8) is 0 Å². The van der Waals surface area contributed by atoms with Crippen molar-refractivity contribution in [1.29, 1.82) is 0 Å². The molecule has 1 unspecified atom stereocenters. The molecule has 0 amide bonds. The number of aliphatic hydroxyl groups is 3. The predicted octanol–water partition coefficient (Wildman–Crippen LogP) is 2.06. The Kier molecular flexibility index (Phi) is 22.7. The highest BCUT2D eigenvalue weighted by Crippen LogP contribution is 2.15. The van der Waals surface area contributed by atoms with E-state index in [1.54, 1.807) is 6.92 Å². The van der Waals surface area contributed by atoms with E-state index in [2.05, 4.69) is 6.58 Å². The zero-order chi connectivity index (χ0) is 15.8. The second kappa shape index (κ2) is 18.0. The number of halogens is 2. The van der Waals surface area contributed by atoms with Crippen LogP contribution < -0.4 is 0 Å². The van der Waals surface area contributed by atoms with Gasteiger partial charge < -0.3 is 24.8 Å². The Morgan fingerprint density at radius 3 is 2.05 bits per heavy atom. The Morgan fingerprint density at radius 2 is 1.74 bits per heavy atom. The molecular formula is C12H26Cl2O5. The number of alkyl halides is 2. The van der Waals surface area contributed by atoms with E-state index in [1.807, 2.05) is 13.8 Å². The fourth-order valence-corrected chi connectivity index (χ4v) is 1.01. The summed E-state index contributed by atoms with van der Waals surface area (Å²) in [5.74, 6) is 0.188. The molecule has 0 heterocycles. The molecule has 7 heteroatoms. The van der Waals surface area contributed by atoms with Crippen LogP contribution in [0.5, 0.6) is 0 Å². The van der Waals surface area contributed by atoms with Gasteiger partial charge in [0, 0.05) is 7.11 Å². The van der Waals surface area contributed by atoms with E-state index < -0.39 is 23.8 Å². The molecule has 118 valence electrons. The van der Waals surface area contributed by atoms with Crippen molar-refractivity contribution in [3.8, 4) is 0 Å². The molecule has 2 atom stereocenters. The van der Waals surface area contributed by atoms with E-state index >= 15 is 0 Å². The van der Waals surface area contributed by atoms with Crippen molar-refractivity contribution in [1.82, 2.24) is 0 Å². The minimum Gasteiger partial charge on any atom is -0.493 e. The molecule has 0 bridgehead atoms. The molecule has 0 fully saturated rings. The van der Waals surface area contributed by atoms with Crippen molar-refractivity contribution in [2.45, 2.75) is 44.2 Å². The minimum atomic E-state index is -0.821. The maximum Gasteiger partial charge on any atom is 0.163 e. The molecule has 0 aromatic heterocycles. The van der Waals surface area contributed by atoms with Crippen LogP contribution in [-0.2, 0) is 9.47 Å². The van der Waals surface area contributed by atoms with Crippen LogP contribution in [0.1, 0.15) is 27.2 Å². The van der Waals surface area contributed by atoms with Crippen LogP contribution in [-0.4, -0.2) is 52.9 Å². The average Bonchev–Trinajstić information content (AvgIpc) is 2.46. The van der Waals surface area contributed by atoms with Crippen LogP contribution in [0, 0.1) is 0 Å². The summed E-state index contributed by atoms with van der Waals surface area (Å²) >= 11 is 11.0. The number of ether oxygens (including phenoxy) is 2. The highest BCUT2D eigenvalue weighted by molar-refractivity contribution is 6.45. The average molecular weight is 321 g/mol. The highest BCUT2D eigenvalue weighted by Gasteiger charge is 2.20. The molecule has 0 aliphatic heterocycles. The number of hydrogen-bond acceptors (Lipinski definition) is 5. The molecule has 0 aromatic carbocycles. The van der Waals surface area contributed by atoms with Crippen molar-refractivity contribution >= 4 is 23.2 Å². The van der Waals surface area contributed by atoms with Crippen LogP contribution in [0.2, 0.25) is 0 Å². The summed E-state index contributed by atoms with van der Waals surface area (Å²) in [5.41, 5.74) is 0. The van der Waals surface area contributed by atoms with E-state index in [4.69, 9.17) is 42.9 Å². The predicted molar refractivity (Wildman–Crippen MR) is 78.3 cm³/mol. The molecule has 0 rings (SSSR count). The van der Waals surface area contributed by atoms with Crippen LogP contribution in [0.15, 0.2) is 12.3 Å². The lowest BCUT2D eigenvalue weighted by molar-refractivity contribution is -0.119. The Hall–Kier alpha value is -0.0400. The first-order valence-electron chi connectivity index (χ1n) is 5.97. The zero-order valence-electron chi connectivity index (χ0n) is 12.0. The summed E-state index contributed by atoms with van der Waals surface area (Å²) < 4.78 is 9.96. The van der Waals surface area contributed by atoms with E-state index in [9.17, 15) is 5.11 Å². The fraction of sp³-hybridized carbons (Fsp3) is 0.833. The van der Waals surface area contributed by atoms with Gasteiger partial charge in [-0.1, -0.05) is 50.6 Å². The van der Waals surface area contributed by atoms with E-state index in [-0.39, 0.29) is 12.4 Å². The molecule has 0 saturated heterocycles. The molecule has 0 saturated carbocycles. The summed E-state index contributed by atoms with van der Waals surface area (Å²) in [6.45, 7) is 8.84. The third kappa shape index (κ3) is 14.2. The summed E-state index contributed by atoms with van der Waals surface area (Å²) in [6.07, 6.45) is -0.844. The first-order valence-corrected chi connectivity index (χ1v) is 6.85. The third-order valence-electron chi connectivity index (χ3n) is 1.81. The third-order valence-corrected chi connectivity index (χ3v) is 2.30. The largest absolute Gasteiger partial charge is 0.493 e. The van der Waals surface area contributed by atoms with Crippen LogP contribution in [0.25, 0.3) is 0 Å². The minimum absolute atomic E-state index is 0.0460. The van der Waals surface area contributed by atoms with Gasteiger partial charge in [0.2, 0.25) is 0 Å². The second-order valence-corrected chi connectivity index (χ2v) is 3.98. The lowest BCUT2D eigenvalue weighted by atomic mass is 10.2. The fourth-order valence-electron chi connectivity index (χ4n) is 0.881. The van der Waals surface area contributed by atoms with Gasteiger partial charge >= 0.3 is 0 Å². The van der Waals surface area contributed by atoms with Gasteiger partial charge in [-0.3, -0.25) is 0 Å². The Bertz CT molecular complexity index is 191. The summed E-state index contributed by atoms with van der Waals surface area (Å²) in [7, 11) is 1.00. The van der Waals surface area contributed by atoms with Crippen molar-refractivity contribution < 1.29 is 24.8 Å². The SMILES string of the molecule is C=C(OCC(OCO)[C@@H](O)CC)C(Cl)Cl.CC.CO. The van der Waals surface area contributed by atoms with Gasteiger partial charge in [-0.05, 0) is 6.42 Å². The first kappa shape index (κ1) is 24.0. The molecule has 3 N–H and O–H groups in total. The normalized spacial score (nSPS) is 12.5. The van der Waals surface area contributed by atoms with Crippen LogP contribution >= 0.6 is 23.2 Å². The first-order chi connectivity index (χ1) is 9.02. The smallest absolute Gasteiger partial charge is 0.163 e. The van der Waals surface area contributed by atoms with Crippen LogP contribution in [0.3, 0.4) is 0 Å².